The molecule has 0 aliphatic heterocycles. The lowest BCUT2D eigenvalue weighted by atomic mass is 10.3. The second-order valence-corrected chi connectivity index (χ2v) is 5.90. The zero-order chi connectivity index (χ0) is 14.5. The maximum atomic E-state index is 12.3. The van der Waals surface area contributed by atoms with Crippen molar-refractivity contribution in [2.45, 2.75) is 18.7 Å². The minimum Gasteiger partial charge on any atom is -0.399 e. The predicted molar refractivity (Wildman–Crippen MR) is 74.0 cm³/mol. The SMILES string of the molecule is CCNC(=O)CN(CC)S(=O)(=O)c1cccc(N)c1. The van der Waals surface area contributed by atoms with Gasteiger partial charge in [-0.2, -0.15) is 4.31 Å². The van der Waals surface area contributed by atoms with E-state index in [0.29, 0.717) is 12.2 Å². The van der Waals surface area contributed by atoms with Crippen molar-refractivity contribution < 1.29 is 13.2 Å². The lowest BCUT2D eigenvalue weighted by Crippen LogP contribution is -2.40. The molecule has 1 aromatic rings. The normalized spacial score (nSPS) is 11.5. The average Bonchev–Trinajstić information content (AvgIpc) is 2.36. The van der Waals surface area contributed by atoms with Crippen molar-refractivity contribution in [1.29, 1.82) is 0 Å². The van der Waals surface area contributed by atoms with Gasteiger partial charge in [0, 0.05) is 18.8 Å². The van der Waals surface area contributed by atoms with Crippen molar-refractivity contribution in [2.75, 3.05) is 25.4 Å². The summed E-state index contributed by atoms with van der Waals surface area (Å²) in [6.45, 7) is 3.95. The summed E-state index contributed by atoms with van der Waals surface area (Å²) in [5.41, 5.74) is 5.95. The molecule has 7 heteroatoms. The summed E-state index contributed by atoms with van der Waals surface area (Å²) in [6, 6.07) is 6.03. The number of sulfonamides is 1. The highest BCUT2D eigenvalue weighted by Crippen LogP contribution is 2.17. The van der Waals surface area contributed by atoms with Crippen molar-refractivity contribution in [1.82, 2.24) is 9.62 Å². The molecule has 0 heterocycles. The van der Waals surface area contributed by atoms with E-state index in [9.17, 15) is 13.2 Å². The van der Waals surface area contributed by atoms with Gasteiger partial charge in [0.05, 0.1) is 11.4 Å². The largest absolute Gasteiger partial charge is 0.399 e. The third-order valence-electron chi connectivity index (χ3n) is 2.54. The number of rotatable bonds is 6. The molecule has 0 fully saturated rings. The first-order chi connectivity index (χ1) is 8.91. The Bertz CT molecular complexity index is 543. The van der Waals surface area contributed by atoms with Crippen molar-refractivity contribution in [3.8, 4) is 0 Å². The van der Waals surface area contributed by atoms with E-state index in [-0.39, 0.29) is 23.9 Å². The van der Waals surface area contributed by atoms with Crippen LogP contribution >= 0.6 is 0 Å². The van der Waals surface area contributed by atoms with Gasteiger partial charge in [0.1, 0.15) is 0 Å². The molecule has 0 radical (unpaired) electrons. The number of nitrogen functional groups attached to an aromatic ring is 1. The lowest BCUT2D eigenvalue weighted by Gasteiger charge is -2.20. The maximum Gasteiger partial charge on any atom is 0.243 e. The predicted octanol–water partition coefficient (Wildman–Crippen LogP) is 0.416. The van der Waals surface area contributed by atoms with E-state index in [2.05, 4.69) is 5.32 Å². The van der Waals surface area contributed by atoms with Crippen LogP contribution < -0.4 is 11.1 Å². The molecule has 0 saturated carbocycles. The topological polar surface area (TPSA) is 92.5 Å². The molecule has 3 N–H and O–H groups in total. The molecule has 0 atom stereocenters. The minimum atomic E-state index is -3.69. The van der Waals surface area contributed by atoms with E-state index in [1.807, 2.05) is 0 Å². The molecule has 1 rings (SSSR count). The molecule has 19 heavy (non-hydrogen) atoms. The van der Waals surface area contributed by atoms with Gasteiger partial charge in [-0.3, -0.25) is 4.79 Å². The monoisotopic (exact) mass is 285 g/mol. The smallest absolute Gasteiger partial charge is 0.243 e. The highest BCUT2D eigenvalue weighted by molar-refractivity contribution is 7.89. The standard InChI is InChI=1S/C12H19N3O3S/c1-3-14-12(16)9-15(4-2)19(17,18)11-7-5-6-10(13)8-11/h5-8H,3-4,9,13H2,1-2H3,(H,14,16). The first-order valence-electron chi connectivity index (χ1n) is 6.04. The van der Waals surface area contributed by atoms with Crippen LogP contribution in [0.2, 0.25) is 0 Å². The fourth-order valence-electron chi connectivity index (χ4n) is 1.60. The molecule has 0 bridgehead atoms. The molecule has 106 valence electrons. The van der Waals surface area contributed by atoms with Crippen molar-refractivity contribution >= 4 is 21.6 Å². The third kappa shape index (κ3) is 3.93. The Morgan fingerprint density at radius 2 is 2.05 bits per heavy atom. The second-order valence-electron chi connectivity index (χ2n) is 3.96. The number of likely N-dealkylation sites (N-methyl/N-ethyl adjacent to an activating group) is 2. The third-order valence-corrected chi connectivity index (χ3v) is 4.46. The molecule has 0 unspecified atom stereocenters. The summed E-state index contributed by atoms with van der Waals surface area (Å²) < 4.78 is 25.8. The van der Waals surface area contributed by atoms with Crippen LogP contribution in [0.3, 0.4) is 0 Å². The Labute approximate surface area is 113 Å². The van der Waals surface area contributed by atoms with Gasteiger partial charge in [-0.25, -0.2) is 8.42 Å². The summed E-state index contributed by atoms with van der Waals surface area (Å²) >= 11 is 0. The van der Waals surface area contributed by atoms with Crippen molar-refractivity contribution in [2.24, 2.45) is 0 Å². The number of nitrogens with two attached hydrogens (primary N) is 1. The minimum absolute atomic E-state index is 0.0960. The van der Waals surface area contributed by atoms with Gasteiger partial charge in [-0.05, 0) is 25.1 Å². The van der Waals surface area contributed by atoms with Crippen LogP contribution in [0.1, 0.15) is 13.8 Å². The lowest BCUT2D eigenvalue weighted by molar-refractivity contribution is -0.121. The van der Waals surface area contributed by atoms with E-state index in [1.54, 1.807) is 26.0 Å². The molecule has 0 aliphatic carbocycles. The van der Waals surface area contributed by atoms with Gasteiger partial charge in [0.15, 0.2) is 0 Å². The number of nitrogens with one attached hydrogen (secondary N) is 1. The van der Waals surface area contributed by atoms with E-state index in [0.717, 1.165) is 4.31 Å². The Morgan fingerprint density at radius 1 is 1.37 bits per heavy atom. The first-order valence-corrected chi connectivity index (χ1v) is 7.48. The van der Waals surface area contributed by atoms with Gasteiger partial charge in [-0.1, -0.05) is 13.0 Å². The highest BCUT2D eigenvalue weighted by atomic mass is 32.2. The number of carbonyl (C=O) groups is 1. The summed E-state index contributed by atoms with van der Waals surface area (Å²) in [6.07, 6.45) is 0. The fourth-order valence-corrected chi connectivity index (χ4v) is 3.06. The summed E-state index contributed by atoms with van der Waals surface area (Å²) in [7, 11) is -3.69. The van der Waals surface area contributed by atoms with Crippen LogP contribution in [-0.4, -0.2) is 38.3 Å². The van der Waals surface area contributed by atoms with E-state index in [4.69, 9.17) is 5.73 Å². The summed E-state index contributed by atoms with van der Waals surface area (Å²) in [5.74, 6) is -0.322. The fraction of sp³-hybridized carbons (Fsp3) is 0.417. The Morgan fingerprint density at radius 3 is 2.58 bits per heavy atom. The van der Waals surface area contributed by atoms with Crippen LogP contribution in [0.25, 0.3) is 0 Å². The zero-order valence-corrected chi connectivity index (χ0v) is 11.9. The molecule has 0 saturated heterocycles. The van der Waals surface area contributed by atoms with Gasteiger partial charge in [0.25, 0.3) is 0 Å². The number of carbonyl (C=O) groups excluding carboxylic acids is 1. The highest BCUT2D eigenvalue weighted by Gasteiger charge is 2.25. The Kier molecular flexibility index (Phi) is 5.31. The summed E-state index contributed by atoms with van der Waals surface area (Å²) in [5, 5.41) is 2.58. The van der Waals surface area contributed by atoms with Crippen LogP contribution in [-0.2, 0) is 14.8 Å². The first kappa shape index (κ1) is 15.5. The molecular formula is C12H19N3O3S. The van der Waals surface area contributed by atoms with Gasteiger partial charge < -0.3 is 11.1 Å². The Hall–Kier alpha value is -1.60. The van der Waals surface area contributed by atoms with Gasteiger partial charge >= 0.3 is 0 Å². The Balaban J connectivity index is 2.99. The van der Waals surface area contributed by atoms with Crippen molar-refractivity contribution in [3.63, 3.8) is 0 Å². The molecule has 6 nitrogen and oxygen atoms in total. The van der Waals surface area contributed by atoms with Crippen LogP contribution in [0.4, 0.5) is 5.69 Å². The molecule has 0 aliphatic rings. The molecule has 1 amide bonds. The number of anilines is 1. The number of benzene rings is 1. The van der Waals surface area contributed by atoms with Crippen LogP contribution in [0, 0.1) is 0 Å². The number of nitrogens with zero attached hydrogens (tertiary/aromatic N) is 1. The van der Waals surface area contributed by atoms with E-state index < -0.39 is 10.0 Å². The molecule has 1 aromatic carbocycles. The maximum absolute atomic E-state index is 12.3. The van der Waals surface area contributed by atoms with E-state index >= 15 is 0 Å². The number of hydrogen-bond donors (Lipinski definition) is 2. The van der Waals surface area contributed by atoms with Crippen LogP contribution in [0.15, 0.2) is 29.2 Å². The van der Waals surface area contributed by atoms with Gasteiger partial charge in [0.2, 0.25) is 15.9 Å². The van der Waals surface area contributed by atoms with Crippen LogP contribution in [0.5, 0.6) is 0 Å². The van der Waals surface area contributed by atoms with Gasteiger partial charge in [-0.15, -0.1) is 0 Å². The molecular weight excluding hydrogens is 266 g/mol. The quantitative estimate of drug-likeness (QED) is 0.741. The molecule has 0 spiro atoms. The zero-order valence-electron chi connectivity index (χ0n) is 11.1. The van der Waals surface area contributed by atoms with Crippen molar-refractivity contribution in [3.05, 3.63) is 24.3 Å². The average molecular weight is 285 g/mol. The van der Waals surface area contributed by atoms with E-state index in [1.165, 1.54) is 12.1 Å². The number of hydrogen-bond acceptors (Lipinski definition) is 4. The number of amides is 1. The second kappa shape index (κ2) is 6.53. The summed E-state index contributed by atoms with van der Waals surface area (Å²) in [4.78, 5) is 11.6. The molecule has 0 aromatic heterocycles.